The Morgan fingerprint density at radius 3 is 2.58 bits per heavy atom. The number of aromatic nitrogens is 2. The van der Waals surface area contributed by atoms with E-state index in [1.54, 1.807) is 6.92 Å². The van der Waals surface area contributed by atoms with Gasteiger partial charge in [0.15, 0.2) is 11.7 Å². The van der Waals surface area contributed by atoms with Gasteiger partial charge < -0.3 is 15.0 Å². The lowest BCUT2D eigenvalue weighted by atomic mass is 9.94. The van der Waals surface area contributed by atoms with E-state index < -0.39 is 5.92 Å². The Labute approximate surface area is 194 Å². The normalized spacial score (nSPS) is 20.1. The molecule has 2 aliphatic rings. The van der Waals surface area contributed by atoms with E-state index in [0.29, 0.717) is 42.2 Å². The van der Waals surface area contributed by atoms with Crippen LogP contribution < -0.4 is 10.2 Å². The van der Waals surface area contributed by atoms with Gasteiger partial charge in [0.2, 0.25) is 5.91 Å². The van der Waals surface area contributed by atoms with Crippen molar-refractivity contribution in [1.29, 1.82) is 5.26 Å². The Kier molecular flexibility index (Phi) is 7.38. The zero-order valence-corrected chi connectivity index (χ0v) is 19.1. The van der Waals surface area contributed by atoms with E-state index in [4.69, 9.17) is 14.7 Å². The van der Waals surface area contributed by atoms with Crippen LogP contribution in [0.3, 0.4) is 0 Å². The molecule has 2 heterocycles. The van der Waals surface area contributed by atoms with Crippen LogP contribution in [0.25, 0.3) is 11.0 Å². The quantitative estimate of drug-likeness (QED) is 0.673. The van der Waals surface area contributed by atoms with Crippen LogP contribution in [0.1, 0.15) is 63.5 Å². The van der Waals surface area contributed by atoms with Crippen molar-refractivity contribution >= 4 is 28.7 Å². The summed E-state index contributed by atoms with van der Waals surface area (Å²) >= 11 is 0. The zero-order valence-electron chi connectivity index (χ0n) is 19.1. The van der Waals surface area contributed by atoms with Crippen molar-refractivity contribution in [2.75, 3.05) is 24.6 Å². The highest BCUT2D eigenvalue weighted by Gasteiger charge is 2.34. The lowest BCUT2D eigenvalue weighted by Gasteiger charge is -2.34. The molecular formula is C25H31N5O3. The number of fused-ring (bicyclic) bond motifs is 1. The fraction of sp³-hybridized carbons (Fsp3) is 0.560. The number of carbonyl (C=O) groups excluding carboxylic acids is 2. The average molecular weight is 450 g/mol. The van der Waals surface area contributed by atoms with Gasteiger partial charge in [-0.1, -0.05) is 31.4 Å². The minimum Gasteiger partial charge on any atom is -0.466 e. The van der Waals surface area contributed by atoms with Gasteiger partial charge in [0.25, 0.3) is 0 Å². The molecule has 1 N–H and O–H groups in total. The van der Waals surface area contributed by atoms with Gasteiger partial charge in [0, 0.05) is 19.1 Å². The second-order valence-corrected chi connectivity index (χ2v) is 8.86. The first kappa shape index (κ1) is 23.0. The Bertz CT molecular complexity index is 1040. The molecule has 8 heteroatoms. The topological polar surface area (TPSA) is 108 Å². The molecule has 2 atom stereocenters. The number of benzene rings is 1. The van der Waals surface area contributed by atoms with Crippen LogP contribution in [0.5, 0.6) is 0 Å². The van der Waals surface area contributed by atoms with E-state index in [1.165, 1.54) is 6.42 Å². The van der Waals surface area contributed by atoms with E-state index in [2.05, 4.69) is 11.4 Å². The van der Waals surface area contributed by atoms with Crippen molar-refractivity contribution in [3.05, 3.63) is 30.0 Å². The number of amides is 1. The summed E-state index contributed by atoms with van der Waals surface area (Å²) in [5, 5.41) is 13.1. The number of piperidine rings is 1. The summed E-state index contributed by atoms with van der Waals surface area (Å²) in [6.07, 6.45) is 6.78. The van der Waals surface area contributed by atoms with Crippen LogP contribution in [0, 0.1) is 17.2 Å². The lowest BCUT2D eigenvalue weighted by Crippen LogP contribution is -2.42. The van der Waals surface area contributed by atoms with Crippen LogP contribution in [-0.2, 0) is 14.3 Å². The highest BCUT2D eigenvalue weighted by Crippen LogP contribution is 2.31. The number of nitrogens with one attached hydrogen (secondary N) is 1. The maximum absolute atomic E-state index is 13.2. The monoisotopic (exact) mass is 449 g/mol. The minimum atomic E-state index is -1.07. The lowest BCUT2D eigenvalue weighted by molar-refractivity contribution is -0.148. The van der Waals surface area contributed by atoms with Gasteiger partial charge in [0.1, 0.15) is 5.69 Å². The number of nitriles is 1. The highest BCUT2D eigenvalue weighted by atomic mass is 16.5. The molecule has 1 amide bonds. The first-order valence-electron chi connectivity index (χ1n) is 12.0. The Morgan fingerprint density at radius 2 is 1.88 bits per heavy atom. The molecule has 0 unspecified atom stereocenters. The summed E-state index contributed by atoms with van der Waals surface area (Å²) in [5.41, 5.74) is 1.69. The number of hydrogen-bond acceptors (Lipinski definition) is 7. The Balaban J connectivity index is 1.67. The Hall–Kier alpha value is -3.21. The van der Waals surface area contributed by atoms with Crippen molar-refractivity contribution in [2.45, 2.75) is 63.8 Å². The SMILES string of the molecule is CCOC(=O)[C@H]1CCCN(c2nc3ccccc3nc2[C@@H](C#N)C(=O)NC2CCCCC2)C1. The molecule has 1 aromatic carbocycles. The van der Waals surface area contributed by atoms with E-state index in [-0.39, 0.29) is 23.8 Å². The summed E-state index contributed by atoms with van der Waals surface area (Å²) < 4.78 is 5.24. The number of rotatable bonds is 6. The smallest absolute Gasteiger partial charge is 0.310 e. The van der Waals surface area contributed by atoms with Crippen molar-refractivity contribution in [3.8, 4) is 6.07 Å². The van der Waals surface area contributed by atoms with Crippen LogP contribution in [0.4, 0.5) is 5.82 Å². The number of esters is 1. The molecule has 8 nitrogen and oxygen atoms in total. The molecule has 2 fully saturated rings. The molecule has 4 rings (SSSR count). The number of anilines is 1. The van der Waals surface area contributed by atoms with Gasteiger partial charge in [-0.3, -0.25) is 9.59 Å². The second kappa shape index (κ2) is 10.6. The maximum Gasteiger partial charge on any atom is 0.310 e. The fourth-order valence-electron chi connectivity index (χ4n) is 4.83. The molecule has 1 aliphatic carbocycles. The number of carbonyl (C=O) groups is 2. The standard InChI is InChI=1S/C25H31N5O3/c1-2-33-25(32)17-9-8-14-30(16-17)23-22(28-20-12-6-7-13-21(20)29-23)19(15-26)24(31)27-18-10-4-3-5-11-18/h6-7,12-13,17-19H,2-5,8-11,14,16H2,1H3,(H,27,31)/t17-,19+/m0/s1. The third-order valence-electron chi connectivity index (χ3n) is 6.54. The van der Waals surface area contributed by atoms with E-state index in [9.17, 15) is 14.9 Å². The minimum absolute atomic E-state index is 0.0992. The molecule has 1 aromatic heterocycles. The van der Waals surface area contributed by atoms with Gasteiger partial charge in [-0.2, -0.15) is 5.26 Å². The van der Waals surface area contributed by atoms with E-state index >= 15 is 0 Å². The molecule has 1 aliphatic heterocycles. The first-order chi connectivity index (χ1) is 16.1. The van der Waals surface area contributed by atoms with Crippen LogP contribution >= 0.6 is 0 Å². The third-order valence-corrected chi connectivity index (χ3v) is 6.54. The van der Waals surface area contributed by atoms with Crippen molar-refractivity contribution < 1.29 is 14.3 Å². The van der Waals surface area contributed by atoms with Crippen LogP contribution in [0.2, 0.25) is 0 Å². The largest absolute Gasteiger partial charge is 0.466 e. The van der Waals surface area contributed by atoms with Crippen LogP contribution in [-0.4, -0.2) is 47.6 Å². The molecule has 33 heavy (non-hydrogen) atoms. The first-order valence-corrected chi connectivity index (χ1v) is 12.0. The maximum atomic E-state index is 13.2. The van der Waals surface area contributed by atoms with E-state index in [1.807, 2.05) is 29.2 Å². The molecule has 1 saturated carbocycles. The molecule has 1 saturated heterocycles. The zero-order chi connectivity index (χ0) is 23.2. The summed E-state index contributed by atoms with van der Waals surface area (Å²) in [4.78, 5) is 37.1. The summed E-state index contributed by atoms with van der Waals surface area (Å²) in [6, 6.07) is 9.72. The Morgan fingerprint density at radius 1 is 1.15 bits per heavy atom. The van der Waals surface area contributed by atoms with Gasteiger partial charge in [0.05, 0.1) is 29.6 Å². The number of hydrogen-bond donors (Lipinski definition) is 1. The second-order valence-electron chi connectivity index (χ2n) is 8.86. The average Bonchev–Trinajstić information content (AvgIpc) is 2.85. The summed E-state index contributed by atoms with van der Waals surface area (Å²) in [7, 11) is 0. The van der Waals surface area contributed by atoms with Crippen LogP contribution in [0.15, 0.2) is 24.3 Å². The van der Waals surface area contributed by atoms with Gasteiger partial charge in [-0.25, -0.2) is 9.97 Å². The van der Waals surface area contributed by atoms with Gasteiger partial charge in [-0.05, 0) is 44.7 Å². The molecule has 174 valence electrons. The molecular weight excluding hydrogens is 418 g/mol. The van der Waals surface area contributed by atoms with Gasteiger partial charge in [-0.15, -0.1) is 0 Å². The number of nitrogens with zero attached hydrogens (tertiary/aromatic N) is 4. The molecule has 2 aromatic rings. The summed E-state index contributed by atoms with van der Waals surface area (Å²) in [6.45, 7) is 3.25. The molecule has 0 radical (unpaired) electrons. The van der Waals surface area contributed by atoms with Crippen molar-refractivity contribution in [1.82, 2.24) is 15.3 Å². The predicted molar refractivity (Wildman–Crippen MR) is 124 cm³/mol. The number of ether oxygens (including phenoxy) is 1. The van der Waals surface area contributed by atoms with E-state index in [0.717, 1.165) is 38.5 Å². The van der Waals surface area contributed by atoms with Crippen molar-refractivity contribution in [2.24, 2.45) is 5.92 Å². The van der Waals surface area contributed by atoms with Crippen molar-refractivity contribution in [3.63, 3.8) is 0 Å². The van der Waals surface area contributed by atoms with Gasteiger partial charge >= 0.3 is 5.97 Å². The highest BCUT2D eigenvalue weighted by molar-refractivity contribution is 5.89. The third kappa shape index (κ3) is 5.24. The molecule has 0 spiro atoms. The fourth-order valence-corrected chi connectivity index (χ4v) is 4.83. The molecule has 0 bridgehead atoms. The number of para-hydroxylation sites is 2. The summed E-state index contributed by atoms with van der Waals surface area (Å²) in [5.74, 6) is -1.37. The predicted octanol–water partition coefficient (Wildman–Crippen LogP) is 3.47.